The largest absolute Gasteiger partial charge is 0.414 e. The van der Waals surface area contributed by atoms with Gasteiger partial charge in [0.05, 0.1) is 5.60 Å². The molecular weight excluding hydrogens is 376 g/mol. The lowest BCUT2D eigenvalue weighted by molar-refractivity contribution is -0.00421. The molecule has 2 saturated carbocycles. The summed E-state index contributed by atoms with van der Waals surface area (Å²) in [5.41, 5.74) is 1.08. The predicted molar refractivity (Wildman–Crippen MR) is 126 cm³/mol. The Bertz CT molecular complexity index is 570. The third-order valence-electron chi connectivity index (χ3n) is 8.33. The number of allylic oxidation sites excluding steroid dienone is 1. The van der Waals surface area contributed by atoms with Crippen molar-refractivity contribution in [1.29, 1.82) is 0 Å². The summed E-state index contributed by atoms with van der Waals surface area (Å²) in [5.74, 6) is 1.18. The van der Waals surface area contributed by atoms with Gasteiger partial charge in [-0.3, -0.25) is 0 Å². The smallest absolute Gasteiger partial charge is 0.192 e. The van der Waals surface area contributed by atoms with Gasteiger partial charge in [-0.15, -0.1) is 0 Å². The molecule has 29 heavy (non-hydrogen) atoms. The Hall–Kier alpha value is -0.163. The molecule has 0 heterocycles. The number of fused-ring (bicyclic) bond motifs is 1. The summed E-state index contributed by atoms with van der Waals surface area (Å²) in [6, 6.07) is 0. The van der Waals surface area contributed by atoms with Gasteiger partial charge in [0.2, 0.25) is 0 Å². The van der Waals surface area contributed by atoms with Crippen LogP contribution in [0.3, 0.4) is 0 Å². The van der Waals surface area contributed by atoms with Crippen molar-refractivity contribution >= 4 is 8.32 Å². The van der Waals surface area contributed by atoms with Crippen molar-refractivity contribution in [2.45, 2.75) is 123 Å². The van der Waals surface area contributed by atoms with Crippen LogP contribution in [-0.2, 0) is 4.43 Å². The molecule has 2 aliphatic rings. The molecule has 170 valence electrons. The Kier molecular flexibility index (Phi) is 7.91. The first-order valence-electron chi connectivity index (χ1n) is 11.9. The maximum Gasteiger partial charge on any atom is 0.192 e. The molecule has 0 radical (unpaired) electrons. The molecule has 4 atom stereocenters. The van der Waals surface area contributed by atoms with Crippen LogP contribution in [0, 0.1) is 17.3 Å². The zero-order chi connectivity index (χ0) is 22.1. The fourth-order valence-corrected chi connectivity index (χ4v) is 6.98. The SMILES string of the molecule is CC(C)(O)CCC=C(CCO)C1CCC2[C@@H](O[Si](C)(C)C(C)(C)C)CCC[C@]12C. The number of hydrogen-bond donors (Lipinski definition) is 2. The molecule has 2 aliphatic carbocycles. The fourth-order valence-electron chi connectivity index (χ4n) is 5.58. The minimum Gasteiger partial charge on any atom is -0.414 e. The summed E-state index contributed by atoms with van der Waals surface area (Å²) < 4.78 is 6.97. The van der Waals surface area contributed by atoms with Crippen LogP contribution in [0.2, 0.25) is 18.1 Å². The minimum atomic E-state index is -1.77. The fraction of sp³-hybridized carbons (Fsp3) is 0.920. The molecule has 3 nitrogen and oxygen atoms in total. The van der Waals surface area contributed by atoms with Gasteiger partial charge in [-0.2, -0.15) is 0 Å². The molecule has 2 N–H and O–H groups in total. The third-order valence-corrected chi connectivity index (χ3v) is 12.8. The predicted octanol–water partition coefficient (Wildman–Crippen LogP) is 6.45. The van der Waals surface area contributed by atoms with E-state index in [4.69, 9.17) is 4.43 Å². The van der Waals surface area contributed by atoms with Crippen molar-refractivity contribution in [3.63, 3.8) is 0 Å². The quantitative estimate of drug-likeness (QED) is 0.347. The van der Waals surface area contributed by atoms with Gasteiger partial charge in [0.1, 0.15) is 0 Å². The minimum absolute atomic E-state index is 0.218. The third kappa shape index (κ3) is 5.96. The Balaban J connectivity index is 2.20. The highest BCUT2D eigenvalue weighted by atomic mass is 28.4. The van der Waals surface area contributed by atoms with Crippen LogP contribution in [0.4, 0.5) is 0 Å². The molecule has 0 bridgehead atoms. The van der Waals surface area contributed by atoms with Crippen LogP contribution in [-0.4, -0.2) is 36.8 Å². The Morgan fingerprint density at radius 3 is 2.34 bits per heavy atom. The van der Waals surface area contributed by atoms with E-state index in [9.17, 15) is 10.2 Å². The van der Waals surface area contributed by atoms with Gasteiger partial charge in [-0.05, 0) is 94.2 Å². The van der Waals surface area contributed by atoms with Crippen molar-refractivity contribution in [2.24, 2.45) is 17.3 Å². The molecule has 0 aromatic rings. The van der Waals surface area contributed by atoms with Crippen LogP contribution < -0.4 is 0 Å². The average Bonchev–Trinajstić information content (AvgIpc) is 2.89. The average molecular weight is 425 g/mol. The number of rotatable bonds is 8. The summed E-state index contributed by atoms with van der Waals surface area (Å²) in [7, 11) is -1.77. The zero-order valence-electron chi connectivity index (χ0n) is 20.5. The second-order valence-electron chi connectivity index (χ2n) is 12.2. The standard InChI is InChI=1S/C25H48O3Si/c1-23(2,3)29(7,8)28-22-12-10-17-25(6)20(13-14-21(22)25)19(15-18-26)11-9-16-24(4,5)27/h11,20-22,26-27H,9-10,12-18H2,1-8H3/t20?,21?,22-,25+/m0/s1. The lowest BCUT2D eigenvalue weighted by Crippen LogP contribution is -2.50. The second kappa shape index (κ2) is 9.14. The maximum absolute atomic E-state index is 10.1. The molecule has 0 aromatic carbocycles. The first-order chi connectivity index (χ1) is 13.2. The van der Waals surface area contributed by atoms with E-state index in [1.165, 1.54) is 37.7 Å². The lowest BCUT2D eigenvalue weighted by atomic mass is 9.62. The molecule has 2 fully saturated rings. The maximum atomic E-state index is 10.1. The first kappa shape index (κ1) is 25.1. The van der Waals surface area contributed by atoms with Crippen LogP contribution in [0.25, 0.3) is 0 Å². The lowest BCUT2D eigenvalue weighted by Gasteiger charge is -2.49. The summed E-state index contributed by atoms with van der Waals surface area (Å²) in [5, 5.41) is 20.1. The van der Waals surface area contributed by atoms with E-state index >= 15 is 0 Å². The Morgan fingerprint density at radius 2 is 1.79 bits per heavy atom. The Morgan fingerprint density at radius 1 is 1.14 bits per heavy atom. The number of aliphatic hydroxyl groups is 2. The van der Waals surface area contributed by atoms with E-state index in [0.29, 0.717) is 17.9 Å². The van der Waals surface area contributed by atoms with Crippen molar-refractivity contribution in [1.82, 2.24) is 0 Å². The van der Waals surface area contributed by atoms with Crippen molar-refractivity contribution in [2.75, 3.05) is 6.61 Å². The molecule has 0 aliphatic heterocycles. The van der Waals surface area contributed by atoms with E-state index in [0.717, 1.165) is 19.3 Å². The van der Waals surface area contributed by atoms with Crippen LogP contribution in [0.1, 0.15) is 92.9 Å². The second-order valence-corrected chi connectivity index (χ2v) is 16.9. The van der Waals surface area contributed by atoms with Crippen LogP contribution in [0.5, 0.6) is 0 Å². The van der Waals surface area contributed by atoms with Gasteiger partial charge in [-0.1, -0.05) is 45.8 Å². The van der Waals surface area contributed by atoms with E-state index < -0.39 is 13.9 Å². The van der Waals surface area contributed by atoms with E-state index in [1.807, 2.05) is 13.8 Å². The van der Waals surface area contributed by atoms with Crippen LogP contribution >= 0.6 is 0 Å². The van der Waals surface area contributed by atoms with Gasteiger partial charge in [-0.25, -0.2) is 0 Å². The van der Waals surface area contributed by atoms with E-state index in [-0.39, 0.29) is 17.1 Å². The topological polar surface area (TPSA) is 49.7 Å². The van der Waals surface area contributed by atoms with E-state index in [2.05, 4.69) is 46.9 Å². The first-order valence-corrected chi connectivity index (χ1v) is 14.8. The number of aliphatic hydroxyl groups excluding tert-OH is 1. The van der Waals surface area contributed by atoms with Crippen molar-refractivity contribution < 1.29 is 14.6 Å². The molecule has 0 spiro atoms. The normalized spacial score (nSPS) is 31.8. The zero-order valence-corrected chi connectivity index (χ0v) is 21.5. The van der Waals surface area contributed by atoms with Gasteiger partial charge in [0, 0.05) is 12.7 Å². The van der Waals surface area contributed by atoms with Crippen molar-refractivity contribution in [3.05, 3.63) is 11.6 Å². The molecule has 0 aromatic heterocycles. The summed E-state index contributed by atoms with van der Waals surface area (Å²) in [6.07, 6.45) is 11.3. The highest BCUT2D eigenvalue weighted by Gasteiger charge is 2.54. The monoisotopic (exact) mass is 424 g/mol. The summed E-state index contributed by atoms with van der Waals surface area (Å²) in [6.45, 7) is 18.3. The molecule has 4 heteroatoms. The van der Waals surface area contributed by atoms with Crippen LogP contribution in [0.15, 0.2) is 11.6 Å². The van der Waals surface area contributed by atoms with Gasteiger partial charge in [0.15, 0.2) is 8.32 Å². The Labute approximate surface area is 181 Å². The number of hydrogen-bond acceptors (Lipinski definition) is 3. The summed E-state index contributed by atoms with van der Waals surface area (Å²) in [4.78, 5) is 0. The highest BCUT2D eigenvalue weighted by Crippen LogP contribution is 2.59. The van der Waals surface area contributed by atoms with E-state index in [1.54, 1.807) is 0 Å². The summed E-state index contributed by atoms with van der Waals surface area (Å²) >= 11 is 0. The molecule has 2 rings (SSSR count). The van der Waals surface area contributed by atoms with Gasteiger partial charge < -0.3 is 14.6 Å². The molecule has 2 unspecified atom stereocenters. The molecule has 0 amide bonds. The molecular formula is C25H48O3Si. The van der Waals surface area contributed by atoms with Crippen molar-refractivity contribution in [3.8, 4) is 0 Å². The van der Waals surface area contributed by atoms with Gasteiger partial charge in [0.25, 0.3) is 0 Å². The highest BCUT2D eigenvalue weighted by molar-refractivity contribution is 6.74. The molecule has 0 saturated heterocycles. The van der Waals surface area contributed by atoms with Gasteiger partial charge >= 0.3 is 0 Å².